The van der Waals surface area contributed by atoms with Crippen molar-refractivity contribution in [3.05, 3.63) is 76.2 Å². The Morgan fingerprint density at radius 1 is 1.07 bits per heavy atom. The van der Waals surface area contributed by atoms with Crippen LogP contribution in [0.5, 0.6) is 0 Å². The highest BCUT2D eigenvalue weighted by molar-refractivity contribution is 7.95. The van der Waals surface area contributed by atoms with Gasteiger partial charge in [0.25, 0.3) is 5.92 Å². The van der Waals surface area contributed by atoms with Gasteiger partial charge in [0.2, 0.25) is 9.84 Å². The van der Waals surface area contributed by atoms with Gasteiger partial charge in [-0.3, -0.25) is 0 Å². The molecular formula is C21H22F2O3S. The molecule has 1 N–H and O–H groups in total. The zero-order chi connectivity index (χ0) is 20.0. The van der Waals surface area contributed by atoms with Gasteiger partial charge in [-0.15, -0.1) is 0 Å². The molecule has 3 nitrogen and oxygen atoms in total. The molecule has 0 aliphatic heterocycles. The molecule has 2 aromatic carbocycles. The second kappa shape index (κ2) is 6.53. The molecule has 0 bridgehead atoms. The van der Waals surface area contributed by atoms with Crippen LogP contribution in [0.4, 0.5) is 8.78 Å². The number of aliphatic hydroxyl groups is 1. The third-order valence-electron chi connectivity index (χ3n) is 5.43. The molecule has 2 atom stereocenters. The molecule has 0 saturated heterocycles. The molecule has 1 aliphatic carbocycles. The number of aliphatic hydroxyl groups excluding tert-OH is 1. The Hall–Kier alpha value is -2.05. The van der Waals surface area contributed by atoms with Crippen molar-refractivity contribution in [3.8, 4) is 0 Å². The zero-order valence-electron chi connectivity index (χ0n) is 15.4. The third kappa shape index (κ3) is 3.01. The van der Waals surface area contributed by atoms with Crippen LogP contribution >= 0.6 is 0 Å². The summed E-state index contributed by atoms with van der Waals surface area (Å²) in [5.41, 5.74) is -0.955. The van der Waals surface area contributed by atoms with Gasteiger partial charge < -0.3 is 5.11 Å². The molecule has 3 rings (SSSR count). The minimum absolute atomic E-state index is 0.0732. The Kier molecular flexibility index (Phi) is 4.77. The Bertz CT molecular complexity index is 980. The zero-order valence-corrected chi connectivity index (χ0v) is 16.2. The van der Waals surface area contributed by atoms with Gasteiger partial charge in [0.1, 0.15) is 6.10 Å². The molecule has 0 amide bonds. The summed E-state index contributed by atoms with van der Waals surface area (Å²) in [5.74, 6) is -3.27. The summed E-state index contributed by atoms with van der Waals surface area (Å²) >= 11 is 0. The topological polar surface area (TPSA) is 54.4 Å². The second-order valence-corrected chi connectivity index (χ2v) is 9.05. The summed E-state index contributed by atoms with van der Waals surface area (Å²) in [4.78, 5) is -0.710. The summed E-state index contributed by atoms with van der Waals surface area (Å²) in [5, 5.41) is 10.8. The molecule has 27 heavy (non-hydrogen) atoms. The molecule has 144 valence electrons. The van der Waals surface area contributed by atoms with E-state index >= 15 is 0 Å². The van der Waals surface area contributed by atoms with E-state index in [1.54, 1.807) is 44.2 Å². The molecule has 0 heterocycles. The Labute approximate surface area is 158 Å². The van der Waals surface area contributed by atoms with Crippen LogP contribution < -0.4 is 0 Å². The van der Waals surface area contributed by atoms with E-state index in [4.69, 9.17) is 0 Å². The SMILES string of the molecule is CCC1(C)/C(=C(/C(O)c2ccccc2)S(=O)(=O)c2ccc(C)cc2)C1(F)F. The van der Waals surface area contributed by atoms with E-state index in [9.17, 15) is 22.3 Å². The largest absolute Gasteiger partial charge is 0.383 e. The van der Waals surface area contributed by atoms with E-state index < -0.39 is 37.8 Å². The van der Waals surface area contributed by atoms with Gasteiger partial charge in [0.15, 0.2) is 0 Å². The lowest BCUT2D eigenvalue weighted by Crippen LogP contribution is -2.14. The van der Waals surface area contributed by atoms with Crippen molar-refractivity contribution in [2.24, 2.45) is 5.41 Å². The van der Waals surface area contributed by atoms with Crippen LogP contribution in [0.25, 0.3) is 0 Å². The highest BCUT2D eigenvalue weighted by atomic mass is 32.2. The number of alkyl halides is 2. The first-order valence-electron chi connectivity index (χ1n) is 8.75. The van der Waals surface area contributed by atoms with Crippen LogP contribution in [0.15, 0.2) is 70.0 Å². The number of allylic oxidation sites excluding steroid dienone is 1. The number of halogens is 2. The minimum Gasteiger partial charge on any atom is -0.383 e. The average molecular weight is 392 g/mol. The standard InChI is InChI=1S/C21H22F2O3S/c1-4-20(3)19(21(20,22)23)18(17(24)15-8-6-5-7-9-15)27(25,26)16-12-10-14(2)11-13-16/h5-13,17,24H,4H2,1-3H3/b19-18+. The van der Waals surface area contributed by atoms with E-state index in [1.165, 1.54) is 31.2 Å². The summed E-state index contributed by atoms with van der Waals surface area (Å²) < 4.78 is 55.9. The van der Waals surface area contributed by atoms with Gasteiger partial charge >= 0.3 is 0 Å². The van der Waals surface area contributed by atoms with Crippen LogP contribution in [0.3, 0.4) is 0 Å². The molecule has 1 saturated carbocycles. The van der Waals surface area contributed by atoms with Crippen molar-refractivity contribution >= 4 is 9.84 Å². The van der Waals surface area contributed by atoms with Crippen molar-refractivity contribution in [2.75, 3.05) is 0 Å². The molecule has 0 radical (unpaired) electrons. The molecular weight excluding hydrogens is 370 g/mol. The van der Waals surface area contributed by atoms with Crippen molar-refractivity contribution in [3.63, 3.8) is 0 Å². The number of hydrogen-bond acceptors (Lipinski definition) is 3. The summed E-state index contributed by atoms with van der Waals surface area (Å²) in [6.45, 7) is 4.73. The van der Waals surface area contributed by atoms with E-state index in [-0.39, 0.29) is 16.9 Å². The molecule has 2 unspecified atom stereocenters. The maximum absolute atomic E-state index is 14.6. The van der Waals surface area contributed by atoms with Gasteiger partial charge in [-0.1, -0.05) is 55.0 Å². The fourth-order valence-corrected chi connectivity index (χ4v) is 5.18. The van der Waals surface area contributed by atoms with Crippen LogP contribution in [-0.2, 0) is 9.84 Å². The number of sulfone groups is 1. The van der Waals surface area contributed by atoms with Gasteiger partial charge in [-0.05, 0) is 38.0 Å². The molecule has 6 heteroatoms. The lowest BCUT2D eigenvalue weighted by molar-refractivity contribution is 0.0737. The average Bonchev–Trinajstić information content (AvgIpc) is 3.09. The summed E-state index contributed by atoms with van der Waals surface area (Å²) in [6, 6.07) is 14.0. The minimum atomic E-state index is -4.30. The third-order valence-corrected chi connectivity index (χ3v) is 7.33. The van der Waals surface area contributed by atoms with Gasteiger partial charge in [-0.2, -0.15) is 0 Å². The Morgan fingerprint density at radius 3 is 2.11 bits per heavy atom. The highest BCUT2D eigenvalue weighted by Gasteiger charge is 2.74. The Balaban J connectivity index is 2.26. The van der Waals surface area contributed by atoms with Crippen molar-refractivity contribution in [1.82, 2.24) is 0 Å². The quantitative estimate of drug-likeness (QED) is 0.794. The van der Waals surface area contributed by atoms with E-state index in [0.717, 1.165) is 5.56 Å². The first kappa shape index (κ1) is 19.7. The summed E-state index contributed by atoms with van der Waals surface area (Å²) in [6.07, 6.45) is -1.59. The second-order valence-electron chi connectivity index (χ2n) is 7.13. The van der Waals surface area contributed by atoms with E-state index in [1.807, 2.05) is 0 Å². The Morgan fingerprint density at radius 2 is 1.63 bits per heavy atom. The van der Waals surface area contributed by atoms with E-state index in [2.05, 4.69) is 0 Å². The van der Waals surface area contributed by atoms with Gasteiger partial charge in [0.05, 0.1) is 15.2 Å². The number of hydrogen-bond donors (Lipinski definition) is 1. The lowest BCUT2D eigenvalue weighted by Gasteiger charge is -2.17. The maximum atomic E-state index is 14.6. The highest BCUT2D eigenvalue weighted by Crippen LogP contribution is 2.70. The van der Waals surface area contributed by atoms with Crippen LogP contribution in [0.1, 0.15) is 37.5 Å². The molecule has 1 aliphatic rings. The lowest BCUT2D eigenvalue weighted by atomic mass is 10.0. The smallest absolute Gasteiger partial charge is 0.280 e. The van der Waals surface area contributed by atoms with Crippen LogP contribution in [0, 0.1) is 12.3 Å². The first-order chi connectivity index (χ1) is 12.6. The molecule has 0 aromatic heterocycles. The molecule has 0 spiro atoms. The summed E-state index contributed by atoms with van der Waals surface area (Å²) in [7, 11) is -4.30. The molecule has 2 aromatic rings. The normalized spacial score (nSPS) is 24.4. The number of aryl methyl sites for hydroxylation is 1. The van der Waals surface area contributed by atoms with Gasteiger partial charge in [0, 0.05) is 5.57 Å². The van der Waals surface area contributed by atoms with Crippen LogP contribution in [-0.4, -0.2) is 19.4 Å². The van der Waals surface area contributed by atoms with Crippen LogP contribution in [0.2, 0.25) is 0 Å². The monoisotopic (exact) mass is 392 g/mol. The number of rotatable bonds is 5. The fraction of sp³-hybridized carbons (Fsp3) is 0.333. The first-order valence-corrected chi connectivity index (χ1v) is 10.2. The fourth-order valence-electron chi connectivity index (χ4n) is 3.38. The predicted octanol–water partition coefficient (Wildman–Crippen LogP) is 4.82. The van der Waals surface area contributed by atoms with E-state index in [0.29, 0.717) is 0 Å². The van der Waals surface area contributed by atoms with Gasteiger partial charge in [-0.25, -0.2) is 17.2 Å². The maximum Gasteiger partial charge on any atom is 0.280 e. The van der Waals surface area contributed by atoms with Crippen molar-refractivity contribution in [2.45, 2.75) is 44.1 Å². The number of benzene rings is 2. The van der Waals surface area contributed by atoms with Crippen molar-refractivity contribution < 1.29 is 22.3 Å². The van der Waals surface area contributed by atoms with Crippen molar-refractivity contribution in [1.29, 1.82) is 0 Å². The molecule has 1 fully saturated rings. The predicted molar refractivity (Wildman–Crippen MR) is 100 cm³/mol.